The number of alkyl carbamates (subject to hydrolysis) is 1. The number of carbonyl (C=O) groups excluding carboxylic acids is 3. The molecule has 0 fully saturated rings. The number of anilines is 1. The van der Waals surface area contributed by atoms with Gasteiger partial charge in [0.05, 0.1) is 0 Å². The molecule has 3 aromatic carbocycles. The molecule has 2 atom stereocenters. The summed E-state index contributed by atoms with van der Waals surface area (Å²) in [5, 5.41) is 7.92. The van der Waals surface area contributed by atoms with Crippen molar-refractivity contribution >= 4 is 34.4 Å². The Hall–Kier alpha value is -4.31. The third-order valence-corrected chi connectivity index (χ3v) is 7.47. The second-order valence-electron chi connectivity index (χ2n) is 13.0. The lowest BCUT2D eigenvalue weighted by atomic mass is 9.95. The number of fused-ring (bicyclic) bond motifs is 1. The first-order valence-electron chi connectivity index (χ1n) is 16.1. The molecule has 0 radical (unpaired) electrons. The van der Waals surface area contributed by atoms with E-state index in [1.165, 1.54) is 0 Å². The van der Waals surface area contributed by atoms with Gasteiger partial charge in [0.2, 0.25) is 5.91 Å². The second kappa shape index (κ2) is 16.7. The molecule has 3 aromatic rings. The van der Waals surface area contributed by atoms with Crippen LogP contribution in [-0.4, -0.2) is 41.0 Å². The average molecular weight is 612 g/mol. The van der Waals surface area contributed by atoms with E-state index in [9.17, 15) is 14.4 Å². The zero-order chi connectivity index (χ0) is 33.0. The maximum absolute atomic E-state index is 14.6. The SMILES string of the molecule is C#Cc1ccccc1C(C(=O)Nc1ccc2ccccc2c1)N(CCCCCCC)C(=O)C(CC(C)C)NC(=O)OC(C)(C)C. The van der Waals surface area contributed by atoms with E-state index in [1.54, 1.807) is 37.8 Å². The van der Waals surface area contributed by atoms with Crippen LogP contribution in [0.4, 0.5) is 10.5 Å². The van der Waals surface area contributed by atoms with Crippen LogP contribution in [-0.2, 0) is 14.3 Å². The van der Waals surface area contributed by atoms with Gasteiger partial charge < -0.3 is 20.3 Å². The lowest BCUT2D eigenvalue weighted by Crippen LogP contribution is -2.53. The van der Waals surface area contributed by atoms with Crippen LogP contribution in [0, 0.1) is 18.3 Å². The van der Waals surface area contributed by atoms with Crippen molar-refractivity contribution < 1.29 is 19.1 Å². The van der Waals surface area contributed by atoms with Crippen molar-refractivity contribution in [2.45, 2.75) is 97.8 Å². The predicted octanol–water partition coefficient (Wildman–Crippen LogP) is 8.24. The maximum Gasteiger partial charge on any atom is 0.408 e. The number of unbranched alkanes of at least 4 members (excludes halogenated alkanes) is 4. The molecular formula is C38H49N3O4. The van der Waals surface area contributed by atoms with E-state index in [2.05, 4.69) is 23.5 Å². The standard InChI is InChI=1S/C38H49N3O4/c1-8-10-11-12-17-24-41(36(43)33(25-27(3)4)40-37(44)45-38(5,6)7)34(32-21-16-15-18-28(32)9-2)35(42)39-31-23-22-29-19-13-14-20-30(29)26-31/h2,13-16,18-23,26-27,33-34H,8,10-12,17,24-25H2,1,3-7H3,(H,39,42)(H,40,44). The molecule has 0 spiro atoms. The Balaban J connectivity index is 2.07. The molecule has 3 rings (SSSR count). The summed E-state index contributed by atoms with van der Waals surface area (Å²) in [5.74, 6) is 2.06. The molecule has 0 bridgehead atoms. The predicted molar refractivity (Wildman–Crippen MR) is 183 cm³/mol. The molecule has 3 amide bonds. The van der Waals surface area contributed by atoms with Crippen molar-refractivity contribution in [3.05, 3.63) is 77.9 Å². The summed E-state index contributed by atoms with van der Waals surface area (Å²) in [4.78, 5) is 43.5. The summed E-state index contributed by atoms with van der Waals surface area (Å²) in [6.07, 6.45) is 10.4. The highest BCUT2D eigenvalue weighted by atomic mass is 16.6. The molecule has 0 aliphatic heterocycles. The number of hydrogen-bond acceptors (Lipinski definition) is 4. The summed E-state index contributed by atoms with van der Waals surface area (Å²) < 4.78 is 5.52. The van der Waals surface area contributed by atoms with Crippen LogP contribution in [0.1, 0.15) is 97.2 Å². The number of carbonyl (C=O) groups is 3. The fourth-order valence-electron chi connectivity index (χ4n) is 5.39. The van der Waals surface area contributed by atoms with E-state index in [0.717, 1.165) is 36.5 Å². The van der Waals surface area contributed by atoms with Gasteiger partial charge in [-0.15, -0.1) is 6.42 Å². The molecule has 2 N–H and O–H groups in total. The molecule has 0 heterocycles. The normalized spacial score (nSPS) is 12.7. The van der Waals surface area contributed by atoms with Crippen LogP contribution in [0.2, 0.25) is 0 Å². The number of rotatable bonds is 14. The smallest absolute Gasteiger partial charge is 0.408 e. The molecule has 45 heavy (non-hydrogen) atoms. The van der Waals surface area contributed by atoms with Gasteiger partial charge in [0.15, 0.2) is 0 Å². The summed E-state index contributed by atoms with van der Waals surface area (Å²) in [7, 11) is 0. The van der Waals surface area contributed by atoms with Crippen LogP contribution in [0.5, 0.6) is 0 Å². The van der Waals surface area contributed by atoms with Crippen LogP contribution >= 0.6 is 0 Å². The van der Waals surface area contributed by atoms with Crippen molar-refractivity contribution in [3.8, 4) is 12.3 Å². The zero-order valence-electron chi connectivity index (χ0n) is 27.7. The molecule has 0 aromatic heterocycles. The topological polar surface area (TPSA) is 87.7 Å². The molecular weight excluding hydrogens is 562 g/mol. The van der Waals surface area contributed by atoms with Gasteiger partial charge in [-0.25, -0.2) is 4.79 Å². The van der Waals surface area contributed by atoms with E-state index in [0.29, 0.717) is 36.2 Å². The number of hydrogen-bond donors (Lipinski definition) is 2. The second-order valence-corrected chi connectivity index (χ2v) is 13.0. The monoisotopic (exact) mass is 611 g/mol. The third kappa shape index (κ3) is 10.7. The minimum absolute atomic E-state index is 0.0863. The van der Waals surface area contributed by atoms with Crippen molar-refractivity contribution in [2.24, 2.45) is 5.92 Å². The Morgan fingerprint density at radius 1 is 0.911 bits per heavy atom. The van der Waals surface area contributed by atoms with Crippen molar-refractivity contribution in [2.75, 3.05) is 11.9 Å². The minimum atomic E-state index is -1.03. The van der Waals surface area contributed by atoms with E-state index in [-0.39, 0.29) is 17.7 Å². The number of ether oxygens (including phenoxy) is 1. The number of nitrogens with one attached hydrogen (secondary N) is 2. The molecule has 0 saturated carbocycles. The lowest BCUT2D eigenvalue weighted by Gasteiger charge is -2.35. The molecule has 7 heteroatoms. The van der Waals surface area contributed by atoms with Gasteiger partial charge in [0.1, 0.15) is 17.7 Å². The van der Waals surface area contributed by atoms with Crippen molar-refractivity contribution in [3.63, 3.8) is 0 Å². The zero-order valence-corrected chi connectivity index (χ0v) is 27.7. The summed E-state index contributed by atoms with van der Waals surface area (Å²) in [5.41, 5.74) is 0.965. The highest BCUT2D eigenvalue weighted by molar-refractivity contribution is 6.00. The number of terminal acetylenes is 1. The minimum Gasteiger partial charge on any atom is -0.444 e. The summed E-state index contributed by atoms with van der Waals surface area (Å²) >= 11 is 0. The highest BCUT2D eigenvalue weighted by Gasteiger charge is 2.37. The molecule has 2 unspecified atom stereocenters. The first-order chi connectivity index (χ1) is 21.4. The van der Waals surface area contributed by atoms with Gasteiger partial charge in [0, 0.05) is 17.8 Å². The fraction of sp³-hybridized carbons (Fsp3) is 0.447. The van der Waals surface area contributed by atoms with E-state index in [1.807, 2.05) is 68.4 Å². The number of amides is 3. The number of benzene rings is 3. The number of nitrogens with zero attached hydrogens (tertiary/aromatic N) is 1. The van der Waals surface area contributed by atoms with E-state index in [4.69, 9.17) is 11.2 Å². The lowest BCUT2D eigenvalue weighted by molar-refractivity contribution is -0.141. The van der Waals surface area contributed by atoms with Crippen LogP contribution in [0.15, 0.2) is 66.7 Å². The van der Waals surface area contributed by atoms with Gasteiger partial charge in [-0.2, -0.15) is 0 Å². The molecule has 0 aliphatic carbocycles. The first kappa shape index (κ1) is 35.2. The highest BCUT2D eigenvalue weighted by Crippen LogP contribution is 2.29. The van der Waals surface area contributed by atoms with Crippen molar-refractivity contribution in [1.29, 1.82) is 0 Å². The van der Waals surface area contributed by atoms with Gasteiger partial charge in [-0.05, 0) is 74.1 Å². The Labute approximate surface area is 269 Å². The molecule has 0 saturated heterocycles. The van der Waals surface area contributed by atoms with Gasteiger partial charge in [-0.3, -0.25) is 9.59 Å². The maximum atomic E-state index is 14.6. The van der Waals surface area contributed by atoms with E-state index >= 15 is 0 Å². The van der Waals surface area contributed by atoms with Crippen LogP contribution < -0.4 is 10.6 Å². The Morgan fingerprint density at radius 2 is 1.58 bits per heavy atom. The summed E-state index contributed by atoms with van der Waals surface area (Å²) in [6.45, 7) is 11.8. The van der Waals surface area contributed by atoms with Gasteiger partial charge in [-0.1, -0.05) is 101 Å². The van der Waals surface area contributed by atoms with Gasteiger partial charge in [0.25, 0.3) is 5.91 Å². The quantitative estimate of drug-likeness (QED) is 0.142. The molecule has 0 aliphatic rings. The first-order valence-corrected chi connectivity index (χ1v) is 16.1. The Morgan fingerprint density at radius 3 is 2.24 bits per heavy atom. The van der Waals surface area contributed by atoms with Crippen LogP contribution in [0.3, 0.4) is 0 Å². The average Bonchev–Trinajstić information content (AvgIpc) is 2.98. The van der Waals surface area contributed by atoms with Crippen molar-refractivity contribution in [1.82, 2.24) is 10.2 Å². The van der Waals surface area contributed by atoms with E-state index < -0.39 is 23.8 Å². The molecule has 7 nitrogen and oxygen atoms in total. The summed E-state index contributed by atoms with van der Waals surface area (Å²) in [6, 6.07) is 18.9. The third-order valence-electron chi connectivity index (χ3n) is 7.47. The largest absolute Gasteiger partial charge is 0.444 e. The Bertz CT molecular complexity index is 1480. The Kier molecular flexibility index (Phi) is 13.0. The molecule has 240 valence electrons. The fourth-order valence-corrected chi connectivity index (χ4v) is 5.39. The van der Waals surface area contributed by atoms with Crippen LogP contribution in [0.25, 0.3) is 10.8 Å². The van der Waals surface area contributed by atoms with Gasteiger partial charge >= 0.3 is 6.09 Å².